The average Bonchev–Trinajstić information content (AvgIpc) is 3.22. The highest BCUT2D eigenvalue weighted by atomic mass is 35.5. The molecule has 296 valence electrons. The highest BCUT2D eigenvalue weighted by molar-refractivity contribution is 6.35. The number of carboxylic acids is 1. The zero-order chi connectivity index (χ0) is 40.1. The van der Waals surface area contributed by atoms with Gasteiger partial charge in [-0.2, -0.15) is 4.73 Å². The van der Waals surface area contributed by atoms with Gasteiger partial charge in [-0.05, 0) is 96.4 Å². The van der Waals surface area contributed by atoms with Crippen molar-refractivity contribution < 1.29 is 38.4 Å². The van der Waals surface area contributed by atoms with E-state index in [1.54, 1.807) is 30.3 Å². The van der Waals surface area contributed by atoms with E-state index >= 15 is 0 Å². The number of carboxylic acid groups (broad SMARTS) is 1. The summed E-state index contributed by atoms with van der Waals surface area (Å²) in [6.07, 6.45) is 4.07. The van der Waals surface area contributed by atoms with Crippen molar-refractivity contribution in [1.29, 1.82) is 0 Å². The maximum atomic E-state index is 13.4. The number of carbonyl (C=O) groups is 2. The van der Waals surface area contributed by atoms with Gasteiger partial charge in [-0.15, -0.1) is 0 Å². The standard InChI is InChI=1S/C44H43Cl2N3O8/c1-54-39-14-12-30(21-40(39)55-2)34(22-36-37(45)23-49(53)24-38(36)46)35-19-27(11-13-33(35)43(50)51)26-56-32-10-6-9-31(20-32)42(29-7-4-3-5-8-29)47-44(52)57-41-25-48-17-15-28(41)16-18-48/h3-14,19-21,23-24,28,34,41-42H,15-18,22,25-26H2,1-2H3,(H,47,52)(H,50,51)/t34-,41-,42-/m0/s1. The molecule has 3 aliphatic rings. The zero-order valence-electron chi connectivity index (χ0n) is 31.5. The maximum absolute atomic E-state index is 13.4. The van der Waals surface area contributed by atoms with Gasteiger partial charge in [-0.1, -0.05) is 83.9 Å². The van der Waals surface area contributed by atoms with Crippen LogP contribution >= 0.6 is 23.2 Å². The number of fused-ring (bicyclic) bond motifs is 3. The molecule has 0 radical (unpaired) electrons. The van der Waals surface area contributed by atoms with Gasteiger partial charge in [0.2, 0.25) is 0 Å². The molecule has 57 heavy (non-hydrogen) atoms. The predicted octanol–water partition coefficient (Wildman–Crippen LogP) is 8.21. The Morgan fingerprint density at radius 2 is 1.60 bits per heavy atom. The molecule has 0 unspecified atom stereocenters. The van der Waals surface area contributed by atoms with Crippen LogP contribution in [-0.4, -0.2) is 62.0 Å². The van der Waals surface area contributed by atoms with Crippen molar-refractivity contribution >= 4 is 35.3 Å². The number of ether oxygens (including phenoxy) is 4. The Hall–Kier alpha value is -5.49. The molecule has 3 atom stereocenters. The minimum absolute atomic E-state index is 0.0736. The third kappa shape index (κ3) is 9.23. The quantitative estimate of drug-likeness (QED) is 0.0841. The number of piperidine rings is 3. The summed E-state index contributed by atoms with van der Waals surface area (Å²) in [6, 6.07) is 27.1. The number of pyridine rings is 1. The summed E-state index contributed by atoms with van der Waals surface area (Å²) < 4.78 is 23.9. The van der Waals surface area contributed by atoms with Gasteiger partial charge in [0.1, 0.15) is 28.5 Å². The smallest absolute Gasteiger partial charge is 0.408 e. The van der Waals surface area contributed by atoms with Gasteiger partial charge < -0.3 is 34.6 Å². The van der Waals surface area contributed by atoms with Crippen LogP contribution in [0.4, 0.5) is 4.79 Å². The van der Waals surface area contributed by atoms with E-state index < -0.39 is 24.0 Å². The van der Waals surface area contributed by atoms with E-state index in [9.17, 15) is 19.9 Å². The Kier molecular flexibility index (Phi) is 12.4. The van der Waals surface area contributed by atoms with Crippen molar-refractivity contribution in [1.82, 2.24) is 10.2 Å². The second-order valence-electron chi connectivity index (χ2n) is 14.3. The number of alkyl carbamates (subject to hydrolysis) is 1. The van der Waals surface area contributed by atoms with Crippen LogP contribution in [0, 0.1) is 11.1 Å². The number of halogens is 2. The number of hydrogen-bond acceptors (Lipinski definition) is 8. The van der Waals surface area contributed by atoms with Crippen LogP contribution in [0.15, 0.2) is 103 Å². The molecule has 5 aromatic rings. The number of nitrogens with one attached hydrogen (secondary N) is 1. The highest BCUT2D eigenvalue weighted by Gasteiger charge is 2.37. The second kappa shape index (κ2) is 17.8. The molecule has 3 fully saturated rings. The summed E-state index contributed by atoms with van der Waals surface area (Å²) in [5, 5.41) is 25.9. The first-order valence-corrected chi connectivity index (χ1v) is 19.5. The fraction of sp³-hybridized carbons (Fsp3) is 0.295. The maximum Gasteiger partial charge on any atom is 0.408 e. The topological polar surface area (TPSA) is 134 Å². The summed E-state index contributed by atoms with van der Waals surface area (Å²) in [6.45, 7) is 2.96. The molecule has 4 aromatic carbocycles. The number of amides is 1. The molecule has 4 heterocycles. The summed E-state index contributed by atoms with van der Waals surface area (Å²) in [4.78, 5) is 28.4. The third-order valence-electron chi connectivity index (χ3n) is 10.8. The van der Waals surface area contributed by atoms with E-state index in [0.29, 0.717) is 50.2 Å². The first-order valence-electron chi connectivity index (χ1n) is 18.7. The van der Waals surface area contributed by atoms with E-state index in [-0.39, 0.29) is 34.7 Å². The molecular weight excluding hydrogens is 769 g/mol. The number of aromatic carboxylic acids is 1. The first kappa shape index (κ1) is 39.7. The highest BCUT2D eigenvalue weighted by Crippen LogP contribution is 2.39. The monoisotopic (exact) mass is 811 g/mol. The Bertz CT molecular complexity index is 2210. The van der Waals surface area contributed by atoms with Crippen molar-refractivity contribution in [2.75, 3.05) is 33.9 Å². The van der Waals surface area contributed by atoms with Crippen molar-refractivity contribution in [3.63, 3.8) is 0 Å². The zero-order valence-corrected chi connectivity index (χ0v) is 33.0. The van der Waals surface area contributed by atoms with Crippen molar-refractivity contribution in [3.05, 3.63) is 158 Å². The van der Waals surface area contributed by atoms with Gasteiger partial charge in [-0.25, -0.2) is 9.59 Å². The summed E-state index contributed by atoms with van der Waals surface area (Å²) in [5.41, 5.74) is 4.13. The van der Waals surface area contributed by atoms with Crippen molar-refractivity contribution in [3.8, 4) is 17.2 Å². The van der Waals surface area contributed by atoms with Crippen LogP contribution in [0.2, 0.25) is 10.0 Å². The average molecular weight is 813 g/mol. The normalized spacial score (nSPS) is 18.3. The number of hydrogen-bond donors (Lipinski definition) is 2. The third-order valence-corrected chi connectivity index (χ3v) is 11.5. The van der Waals surface area contributed by atoms with Gasteiger partial charge in [0.05, 0.1) is 25.8 Å². The fourth-order valence-electron chi connectivity index (χ4n) is 7.88. The number of methoxy groups -OCH3 is 2. The van der Waals surface area contributed by atoms with E-state index in [2.05, 4.69) is 10.2 Å². The Balaban J connectivity index is 1.17. The van der Waals surface area contributed by atoms with Crippen LogP contribution < -0.4 is 24.3 Å². The van der Waals surface area contributed by atoms with Crippen LogP contribution in [0.1, 0.15) is 68.5 Å². The Morgan fingerprint density at radius 1 is 0.877 bits per heavy atom. The minimum Gasteiger partial charge on any atom is -0.619 e. The van der Waals surface area contributed by atoms with E-state index in [1.165, 1.54) is 26.6 Å². The lowest BCUT2D eigenvalue weighted by Gasteiger charge is -2.43. The largest absolute Gasteiger partial charge is 0.619 e. The molecule has 8 rings (SSSR count). The second-order valence-corrected chi connectivity index (χ2v) is 15.1. The van der Waals surface area contributed by atoms with Crippen molar-refractivity contribution in [2.45, 2.75) is 43.9 Å². The molecule has 13 heteroatoms. The van der Waals surface area contributed by atoms with Crippen LogP contribution in [0.25, 0.3) is 0 Å². The SMILES string of the molecule is COc1ccc([C@H](Cc2c(Cl)c[n+]([O-])cc2Cl)c2cc(COc3cccc([C@@H](NC(=O)O[C@H]4CN5CCC4CC5)c4ccccc4)c3)ccc2C(=O)O)cc1OC. The Morgan fingerprint density at radius 3 is 2.26 bits per heavy atom. The number of benzene rings is 4. The van der Waals surface area contributed by atoms with Gasteiger partial charge in [0.15, 0.2) is 23.9 Å². The molecule has 1 aromatic heterocycles. The van der Waals surface area contributed by atoms with Crippen molar-refractivity contribution in [2.24, 2.45) is 5.92 Å². The molecule has 3 aliphatic heterocycles. The fourth-order valence-corrected chi connectivity index (χ4v) is 8.48. The van der Waals surface area contributed by atoms with Gasteiger partial charge in [0.25, 0.3) is 0 Å². The number of carbonyl (C=O) groups excluding carboxylic acids is 1. The molecule has 0 spiro atoms. The van der Waals surface area contributed by atoms with E-state index in [1.807, 2.05) is 60.7 Å². The van der Waals surface area contributed by atoms with Gasteiger partial charge >= 0.3 is 12.1 Å². The number of aromatic nitrogens is 1. The summed E-state index contributed by atoms with van der Waals surface area (Å²) >= 11 is 13.1. The molecule has 2 bridgehead atoms. The van der Waals surface area contributed by atoms with E-state index in [0.717, 1.165) is 43.6 Å². The predicted molar refractivity (Wildman–Crippen MR) is 216 cm³/mol. The molecular formula is C44H43Cl2N3O8. The molecule has 0 saturated carbocycles. The van der Waals surface area contributed by atoms with Gasteiger partial charge in [-0.3, -0.25) is 4.90 Å². The molecule has 11 nitrogen and oxygen atoms in total. The Labute approximate surface area is 341 Å². The van der Waals surface area contributed by atoms with E-state index in [4.69, 9.17) is 42.1 Å². The number of nitrogens with zero attached hydrogens (tertiary/aromatic N) is 2. The molecule has 1 amide bonds. The van der Waals surface area contributed by atoms with Crippen LogP contribution in [-0.2, 0) is 17.8 Å². The lowest BCUT2D eigenvalue weighted by atomic mass is 9.82. The lowest BCUT2D eigenvalue weighted by molar-refractivity contribution is -0.605. The van der Waals surface area contributed by atoms with Gasteiger partial charge in [0, 0.05) is 18.0 Å². The molecule has 0 aliphatic carbocycles. The first-order chi connectivity index (χ1) is 27.6. The summed E-state index contributed by atoms with van der Waals surface area (Å²) in [5.74, 6) is 0.165. The summed E-state index contributed by atoms with van der Waals surface area (Å²) in [7, 11) is 3.05. The number of rotatable bonds is 14. The lowest BCUT2D eigenvalue weighted by Crippen LogP contribution is -2.52. The van der Waals surface area contributed by atoms with Crippen LogP contribution in [0.3, 0.4) is 0 Å². The minimum atomic E-state index is -1.12. The molecule has 2 N–H and O–H groups in total. The molecule has 3 saturated heterocycles. The van der Waals surface area contributed by atoms with Crippen LogP contribution in [0.5, 0.6) is 17.2 Å².